The number of nitrogens with one attached hydrogen (secondary N) is 1. The number of pyridine rings is 1. The van der Waals surface area contributed by atoms with Gasteiger partial charge in [-0.3, -0.25) is 0 Å². The maximum atomic E-state index is 6.07. The van der Waals surface area contributed by atoms with E-state index in [0.29, 0.717) is 23.1 Å². The zero-order chi connectivity index (χ0) is 13.8. The van der Waals surface area contributed by atoms with Gasteiger partial charge in [-0.25, -0.2) is 10.8 Å². The normalized spacial score (nSPS) is 10.3. The van der Waals surface area contributed by atoms with Gasteiger partial charge in [0.05, 0.1) is 10.7 Å². The van der Waals surface area contributed by atoms with Crippen LogP contribution in [0.25, 0.3) is 0 Å². The number of hydrogen-bond donors (Lipinski definition) is 2. The van der Waals surface area contributed by atoms with Crippen LogP contribution in [0.2, 0.25) is 5.02 Å². The van der Waals surface area contributed by atoms with Gasteiger partial charge in [-0.2, -0.15) is 0 Å². The van der Waals surface area contributed by atoms with Crippen LogP contribution in [-0.2, 0) is 6.61 Å². The highest BCUT2D eigenvalue weighted by molar-refractivity contribution is 6.31. The highest BCUT2D eigenvalue weighted by Crippen LogP contribution is 2.21. The van der Waals surface area contributed by atoms with Crippen molar-refractivity contribution in [2.45, 2.75) is 20.5 Å². The summed E-state index contributed by atoms with van der Waals surface area (Å²) in [7, 11) is 0. The van der Waals surface area contributed by atoms with Crippen LogP contribution in [0.1, 0.15) is 16.8 Å². The Hall–Kier alpha value is -1.78. The van der Waals surface area contributed by atoms with Gasteiger partial charge in [0.2, 0.25) is 0 Å². The number of hydrogen-bond acceptors (Lipinski definition) is 4. The molecule has 0 fully saturated rings. The first-order valence-electron chi connectivity index (χ1n) is 5.91. The second kappa shape index (κ2) is 5.91. The summed E-state index contributed by atoms with van der Waals surface area (Å²) in [6.07, 6.45) is 0. The second-order valence-electron chi connectivity index (χ2n) is 4.38. The van der Waals surface area contributed by atoms with Crippen molar-refractivity contribution in [3.05, 3.63) is 52.2 Å². The molecule has 0 saturated heterocycles. The molecule has 0 aliphatic carbocycles. The Kier molecular flexibility index (Phi) is 4.24. The van der Waals surface area contributed by atoms with Gasteiger partial charge in [0.15, 0.2) is 0 Å². The summed E-state index contributed by atoms with van der Waals surface area (Å²) in [5.41, 5.74) is 5.45. The fraction of sp³-hybridized carbons (Fsp3) is 0.214. The molecule has 1 heterocycles. The van der Waals surface area contributed by atoms with Gasteiger partial charge in [-0.1, -0.05) is 17.7 Å². The van der Waals surface area contributed by atoms with Crippen molar-refractivity contribution in [1.29, 1.82) is 0 Å². The minimum absolute atomic E-state index is 0.303. The number of nitrogens with two attached hydrogens (primary N) is 1. The summed E-state index contributed by atoms with van der Waals surface area (Å²) < 4.78 is 5.72. The molecule has 0 unspecified atom stereocenters. The largest absolute Gasteiger partial charge is 0.487 e. The monoisotopic (exact) mass is 277 g/mol. The molecule has 2 rings (SSSR count). The smallest absolute Gasteiger partial charge is 0.140 e. The molecule has 4 nitrogen and oxygen atoms in total. The molecule has 19 heavy (non-hydrogen) atoms. The summed E-state index contributed by atoms with van der Waals surface area (Å²) in [4.78, 5) is 4.26. The maximum absolute atomic E-state index is 6.07. The lowest BCUT2D eigenvalue weighted by Crippen LogP contribution is -2.10. The summed E-state index contributed by atoms with van der Waals surface area (Å²) >= 11 is 6.07. The van der Waals surface area contributed by atoms with E-state index in [0.717, 1.165) is 16.9 Å². The van der Waals surface area contributed by atoms with E-state index in [1.165, 1.54) is 0 Å². The van der Waals surface area contributed by atoms with Crippen LogP contribution in [0.5, 0.6) is 5.75 Å². The number of nitrogen functional groups attached to an aromatic ring is 1. The second-order valence-corrected chi connectivity index (χ2v) is 4.79. The molecule has 0 radical (unpaired) electrons. The Balaban J connectivity index is 2.13. The van der Waals surface area contributed by atoms with Crippen LogP contribution in [0.4, 0.5) is 5.82 Å². The van der Waals surface area contributed by atoms with E-state index < -0.39 is 0 Å². The molecule has 0 spiro atoms. The van der Waals surface area contributed by atoms with Crippen LogP contribution in [-0.4, -0.2) is 4.98 Å². The van der Waals surface area contributed by atoms with E-state index in [-0.39, 0.29) is 0 Å². The number of rotatable bonds is 4. The predicted molar refractivity (Wildman–Crippen MR) is 77.3 cm³/mol. The zero-order valence-corrected chi connectivity index (χ0v) is 11.7. The highest BCUT2D eigenvalue weighted by atomic mass is 35.5. The van der Waals surface area contributed by atoms with Crippen molar-refractivity contribution in [1.82, 2.24) is 4.98 Å². The highest BCUT2D eigenvalue weighted by Gasteiger charge is 2.05. The number of nitrogens with zero attached hydrogens (tertiary/aromatic N) is 1. The van der Waals surface area contributed by atoms with Crippen molar-refractivity contribution in [2.75, 3.05) is 5.43 Å². The molecule has 1 aromatic carbocycles. The lowest BCUT2D eigenvalue weighted by atomic mass is 10.1. The van der Waals surface area contributed by atoms with Gasteiger partial charge in [-0.15, -0.1) is 0 Å². The summed E-state index contributed by atoms with van der Waals surface area (Å²) in [5.74, 6) is 6.69. The summed E-state index contributed by atoms with van der Waals surface area (Å²) in [6, 6.07) is 9.50. The average molecular weight is 278 g/mol. The third kappa shape index (κ3) is 3.59. The molecular formula is C14H16ClN3O. The van der Waals surface area contributed by atoms with E-state index in [9.17, 15) is 0 Å². The standard InChI is InChI=1S/C14H16ClN3O/c1-9-5-10(2)7-11(6-9)19-8-13-12(15)3-4-14(17-13)18-16/h3-7H,8,16H2,1-2H3,(H,17,18). The molecular weight excluding hydrogens is 262 g/mol. The van der Waals surface area contributed by atoms with E-state index in [1.54, 1.807) is 12.1 Å². The molecule has 3 N–H and O–H groups in total. The van der Waals surface area contributed by atoms with Gasteiger partial charge < -0.3 is 10.2 Å². The van der Waals surface area contributed by atoms with E-state index in [2.05, 4.69) is 16.5 Å². The van der Waals surface area contributed by atoms with Crippen LogP contribution in [0.3, 0.4) is 0 Å². The third-order valence-corrected chi connectivity index (χ3v) is 2.98. The number of ether oxygens (including phenoxy) is 1. The van der Waals surface area contributed by atoms with Crippen LogP contribution >= 0.6 is 11.6 Å². The number of halogens is 1. The number of benzene rings is 1. The minimum atomic E-state index is 0.303. The number of anilines is 1. The van der Waals surface area contributed by atoms with Crippen molar-refractivity contribution in [3.63, 3.8) is 0 Å². The minimum Gasteiger partial charge on any atom is -0.487 e. The predicted octanol–water partition coefficient (Wildman–Crippen LogP) is 3.22. The molecule has 5 heteroatoms. The SMILES string of the molecule is Cc1cc(C)cc(OCc2nc(NN)ccc2Cl)c1. The van der Waals surface area contributed by atoms with Crippen molar-refractivity contribution in [3.8, 4) is 5.75 Å². The first-order chi connectivity index (χ1) is 9.08. The Morgan fingerprint density at radius 3 is 2.53 bits per heavy atom. The summed E-state index contributed by atoms with van der Waals surface area (Å²) in [6.45, 7) is 4.37. The van der Waals surface area contributed by atoms with Gasteiger partial charge in [0.25, 0.3) is 0 Å². The first-order valence-corrected chi connectivity index (χ1v) is 6.29. The number of aryl methyl sites for hydroxylation is 2. The lowest BCUT2D eigenvalue weighted by molar-refractivity contribution is 0.301. The van der Waals surface area contributed by atoms with E-state index in [4.69, 9.17) is 22.2 Å². The fourth-order valence-corrected chi connectivity index (χ4v) is 1.99. The Morgan fingerprint density at radius 2 is 1.89 bits per heavy atom. The topological polar surface area (TPSA) is 60.2 Å². The molecule has 0 saturated carbocycles. The summed E-state index contributed by atoms with van der Waals surface area (Å²) in [5, 5.41) is 0.559. The van der Waals surface area contributed by atoms with Gasteiger partial charge in [0, 0.05) is 0 Å². The van der Waals surface area contributed by atoms with Crippen molar-refractivity contribution in [2.24, 2.45) is 5.84 Å². The maximum Gasteiger partial charge on any atom is 0.140 e. The first kappa shape index (κ1) is 13.6. The molecule has 0 aliphatic rings. The van der Waals surface area contributed by atoms with E-state index in [1.807, 2.05) is 26.0 Å². The lowest BCUT2D eigenvalue weighted by Gasteiger charge is -2.10. The van der Waals surface area contributed by atoms with Crippen LogP contribution in [0.15, 0.2) is 30.3 Å². The molecule has 0 bridgehead atoms. The zero-order valence-electron chi connectivity index (χ0n) is 10.9. The Morgan fingerprint density at radius 1 is 1.21 bits per heavy atom. The molecule has 1 aromatic heterocycles. The quantitative estimate of drug-likeness (QED) is 0.665. The molecule has 100 valence electrons. The number of aromatic nitrogens is 1. The third-order valence-electron chi connectivity index (χ3n) is 2.64. The van der Waals surface area contributed by atoms with Crippen molar-refractivity contribution >= 4 is 17.4 Å². The van der Waals surface area contributed by atoms with Gasteiger partial charge in [0.1, 0.15) is 18.2 Å². The van der Waals surface area contributed by atoms with Crippen LogP contribution in [0, 0.1) is 13.8 Å². The molecule has 0 amide bonds. The molecule has 2 aromatic rings. The van der Waals surface area contributed by atoms with E-state index >= 15 is 0 Å². The molecule has 0 atom stereocenters. The average Bonchev–Trinajstić information content (AvgIpc) is 2.37. The van der Waals surface area contributed by atoms with Crippen LogP contribution < -0.4 is 16.0 Å². The Bertz CT molecular complexity index is 567. The molecule has 0 aliphatic heterocycles. The van der Waals surface area contributed by atoms with Gasteiger partial charge >= 0.3 is 0 Å². The van der Waals surface area contributed by atoms with Crippen molar-refractivity contribution < 1.29 is 4.74 Å². The Labute approximate surface area is 117 Å². The van der Waals surface area contributed by atoms with Gasteiger partial charge in [-0.05, 0) is 49.2 Å². The fourth-order valence-electron chi connectivity index (χ4n) is 1.83. The number of hydrazine groups is 1.